The Labute approximate surface area is 107 Å². The predicted octanol–water partition coefficient (Wildman–Crippen LogP) is 0.488. The molecule has 0 heterocycles. The molecule has 1 aromatic carbocycles. The highest BCUT2D eigenvalue weighted by molar-refractivity contribution is 5.80. The first-order valence-corrected chi connectivity index (χ1v) is 5.75. The first-order chi connectivity index (χ1) is 8.65. The van der Waals surface area contributed by atoms with Crippen LogP contribution < -0.4 is 15.4 Å². The third-order valence-corrected chi connectivity index (χ3v) is 2.45. The van der Waals surface area contributed by atoms with Crippen LogP contribution in [0.1, 0.15) is 12.5 Å². The molecular formula is C13H18N2O3. The van der Waals surface area contributed by atoms with Crippen molar-refractivity contribution < 1.29 is 14.3 Å². The van der Waals surface area contributed by atoms with Gasteiger partial charge in [0.2, 0.25) is 12.3 Å². The van der Waals surface area contributed by atoms with Gasteiger partial charge in [-0.3, -0.25) is 9.59 Å². The van der Waals surface area contributed by atoms with Gasteiger partial charge in [0.15, 0.2) is 0 Å². The summed E-state index contributed by atoms with van der Waals surface area (Å²) in [5.74, 6) is 0.619. The first-order valence-electron chi connectivity index (χ1n) is 5.75. The molecule has 0 aliphatic rings. The number of ether oxygens (including phenoxy) is 1. The monoisotopic (exact) mass is 250 g/mol. The fourth-order valence-corrected chi connectivity index (χ4v) is 1.63. The van der Waals surface area contributed by atoms with Crippen LogP contribution in [0.2, 0.25) is 0 Å². The largest absolute Gasteiger partial charge is 0.497 e. The van der Waals surface area contributed by atoms with Crippen molar-refractivity contribution in [3.05, 3.63) is 29.8 Å². The van der Waals surface area contributed by atoms with E-state index in [9.17, 15) is 9.59 Å². The van der Waals surface area contributed by atoms with E-state index in [0.29, 0.717) is 6.41 Å². The Morgan fingerprint density at radius 2 is 2.06 bits per heavy atom. The van der Waals surface area contributed by atoms with Gasteiger partial charge in [0.1, 0.15) is 5.75 Å². The molecule has 0 radical (unpaired) electrons. The van der Waals surface area contributed by atoms with Crippen LogP contribution >= 0.6 is 0 Å². The van der Waals surface area contributed by atoms with Crippen molar-refractivity contribution in [1.82, 2.24) is 10.6 Å². The molecule has 2 amide bonds. The molecule has 98 valence electrons. The molecule has 1 aromatic rings. The van der Waals surface area contributed by atoms with Gasteiger partial charge < -0.3 is 15.4 Å². The number of rotatable bonds is 7. The van der Waals surface area contributed by atoms with Gasteiger partial charge in [0.25, 0.3) is 0 Å². The summed E-state index contributed by atoms with van der Waals surface area (Å²) in [7, 11) is 1.62. The second-order valence-electron chi connectivity index (χ2n) is 4.02. The summed E-state index contributed by atoms with van der Waals surface area (Å²) in [6.07, 6.45) is 1.24. The molecule has 0 aromatic heterocycles. The Morgan fingerprint density at radius 1 is 1.39 bits per heavy atom. The molecule has 2 N–H and O–H groups in total. The molecule has 5 nitrogen and oxygen atoms in total. The fourth-order valence-electron chi connectivity index (χ4n) is 1.63. The molecule has 0 spiro atoms. The van der Waals surface area contributed by atoms with Crippen molar-refractivity contribution in [2.24, 2.45) is 0 Å². The number of carbonyl (C=O) groups excluding carboxylic acids is 2. The highest BCUT2D eigenvalue weighted by Crippen LogP contribution is 2.12. The van der Waals surface area contributed by atoms with Gasteiger partial charge in [-0.1, -0.05) is 12.1 Å². The van der Waals surface area contributed by atoms with Crippen molar-refractivity contribution in [3.8, 4) is 5.75 Å². The summed E-state index contributed by atoms with van der Waals surface area (Å²) in [6.45, 7) is 1.93. The maximum Gasteiger partial charge on any atom is 0.239 e. The normalized spacial score (nSPS) is 11.4. The lowest BCUT2D eigenvalue weighted by molar-refractivity contribution is -0.122. The van der Waals surface area contributed by atoms with Gasteiger partial charge in [0, 0.05) is 6.04 Å². The topological polar surface area (TPSA) is 67.4 Å². The zero-order valence-electron chi connectivity index (χ0n) is 10.6. The summed E-state index contributed by atoms with van der Waals surface area (Å²) >= 11 is 0. The van der Waals surface area contributed by atoms with Gasteiger partial charge in [-0.05, 0) is 31.0 Å². The third kappa shape index (κ3) is 4.86. The van der Waals surface area contributed by atoms with Crippen LogP contribution in [0, 0.1) is 0 Å². The molecule has 0 aliphatic heterocycles. The standard InChI is InChI=1S/C13H18N2O3/c1-10(15-13(17)8-14-9-16)7-11-3-5-12(18-2)6-4-11/h3-6,9-10H,7-8H2,1-2H3,(H,14,16)(H,15,17). The zero-order chi connectivity index (χ0) is 13.4. The Bertz CT molecular complexity index is 390. The SMILES string of the molecule is COc1ccc(CC(C)NC(=O)CNC=O)cc1. The minimum absolute atomic E-state index is 0.0104. The second-order valence-corrected chi connectivity index (χ2v) is 4.02. The van der Waals surface area contributed by atoms with E-state index >= 15 is 0 Å². The summed E-state index contributed by atoms with van der Waals surface area (Å²) in [6, 6.07) is 7.71. The number of hydrogen-bond acceptors (Lipinski definition) is 3. The summed E-state index contributed by atoms with van der Waals surface area (Å²) in [5.41, 5.74) is 1.12. The molecule has 0 saturated carbocycles. The average Bonchev–Trinajstić information content (AvgIpc) is 2.37. The Hall–Kier alpha value is -2.04. The van der Waals surface area contributed by atoms with E-state index in [1.165, 1.54) is 0 Å². The summed E-state index contributed by atoms with van der Waals surface area (Å²) < 4.78 is 5.07. The number of benzene rings is 1. The summed E-state index contributed by atoms with van der Waals surface area (Å²) in [4.78, 5) is 21.4. The van der Waals surface area contributed by atoms with Crippen LogP contribution in [-0.4, -0.2) is 32.0 Å². The van der Waals surface area contributed by atoms with E-state index < -0.39 is 0 Å². The smallest absolute Gasteiger partial charge is 0.239 e. The van der Waals surface area contributed by atoms with E-state index in [-0.39, 0.29) is 18.5 Å². The van der Waals surface area contributed by atoms with Crippen LogP contribution in [0.25, 0.3) is 0 Å². The molecule has 18 heavy (non-hydrogen) atoms. The lowest BCUT2D eigenvalue weighted by Gasteiger charge is -2.14. The minimum Gasteiger partial charge on any atom is -0.497 e. The maximum atomic E-state index is 11.4. The van der Waals surface area contributed by atoms with E-state index in [0.717, 1.165) is 17.7 Å². The lowest BCUT2D eigenvalue weighted by atomic mass is 10.1. The number of carbonyl (C=O) groups is 2. The fraction of sp³-hybridized carbons (Fsp3) is 0.385. The quantitative estimate of drug-likeness (QED) is 0.692. The lowest BCUT2D eigenvalue weighted by Crippen LogP contribution is -2.39. The van der Waals surface area contributed by atoms with E-state index in [4.69, 9.17) is 4.74 Å². The molecule has 0 fully saturated rings. The van der Waals surface area contributed by atoms with Crippen molar-refractivity contribution >= 4 is 12.3 Å². The van der Waals surface area contributed by atoms with Gasteiger partial charge in [-0.2, -0.15) is 0 Å². The number of nitrogens with one attached hydrogen (secondary N) is 2. The van der Waals surface area contributed by atoms with E-state index in [1.807, 2.05) is 31.2 Å². The van der Waals surface area contributed by atoms with Crippen molar-refractivity contribution in [2.75, 3.05) is 13.7 Å². The van der Waals surface area contributed by atoms with Crippen molar-refractivity contribution in [1.29, 1.82) is 0 Å². The van der Waals surface area contributed by atoms with Crippen LogP contribution in [0.3, 0.4) is 0 Å². The Morgan fingerprint density at radius 3 is 2.61 bits per heavy atom. The maximum absolute atomic E-state index is 11.4. The Balaban J connectivity index is 2.40. The van der Waals surface area contributed by atoms with Crippen LogP contribution in [-0.2, 0) is 16.0 Å². The molecule has 1 rings (SSSR count). The number of amides is 2. The van der Waals surface area contributed by atoms with Crippen molar-refractivity contribution in [3.63, 3.8) is 0 Å². The predicted molar refractivity (Wildman–Crippen MR) is 68.4 cm³/mol. The molecule has 0 aliphatic carbocycles. The zero-order valence-corrected chi connectivity index (χ0v) is 10.6. The molecular weight excluding hydrogens is 232 g/mol. The molecule has 0 saturated heterocycles. The average molecular weight is 250 g/mol. The van der Waals surface area contributed by atoms with Gasteiger partial charge in [0.05, 0.1) is 13.7 Å². The van der Waals surface area contributed by atoms with Crippen molar-refractivity contribution in [2.45, 2.75) is 19.4 Å². The Kier molecular flexibility index (Phi) is 5.70. The second kappa shape index (κ2) is 7.32. The van der Waals surface area contributed by atoms with Gasteiger partial charge in [-0.25, -0.2) is 0 Å². The number of methoxy groups -OCH3 is 1. The highest BCUT2D eigenvalue weighted by Gasteiger charge is 2.07. The van der Waals surface area contributed by atoms with E-state index in [1.54, 1.807) is 7.11 Å². The summed E-state index contributed by atoms with van der Waals surface area (Å²) in [5, 5.41) is 5.12. The van der Waals surface area contributed by atoms with Crippen LogP contribution in [0.4, 0.5) is 0 Å². The molecule has 1 atom stereocenters. The first kappa shape index (κ1) is 14.0. The van der Waals surface area contributed by atoms with Crippen LogP contribution in [0.5, 0.6) is 5.75 Å². The van der Waals surface area contributed by atoms with E-state index in [2.05, 4.69) is 10.6 Å². The van der Waals surface area contributed by atoms with Gasteiger partial charge in [-0.15, -0.1) is 0 Å². The molecule has 5 heteroatoms. The minimum atomic E-state index is -0.192. The molecule has 1 unspecified atom stereocenters. The third-order valence-electron chi connectivity index (χ3n) is 2.45. The number of hydrogen-bond donors (Lipinski definition) is 2. The highest BCUT2D eigenvalue weighted by atomic mass is 16.5. The van der Waals surface area contributed by atoms with Crippen LogP contribution in [0.15, 0.2) is 24.3 Å². The van der Waals surface area contributed by atoms with Gasteiger partial charge >= 0.3 is 0 Å². The molecule has 0 bridgehead atoms.